The molecule has 5 nitrogen and oxygen atoms in total. The summed E-state index contributed by atoms with van der Waals surface area (Å²) < 4.78 is 5.10. The highest BCUT2D eigenvalue weighted by atomic mass is 32.2. The molecule has 2 unspecified atom stereocenters. The van der Waals surface area contributed by atoms with E-state index in [0.717, 1.165) is 18.5 Å². The van der Waals surface area contributed by atoms with Crippen molar-refractivity contribution >= 4 is 23.1 Å². The number of non-ortho nitro benzene ring substituents is 1. The van der Waals surface area contributed by atoms with E-state index in [4.69, 9.17) is 4.74 Å². The van der Waals surface area contributed by atoms with Crippen molar-refractivity contribution in [3.05, 3.63) is 28.3 Å². The molecule has 1 N–H and O–H groups in total. The lowest BCUT2D eigenvalue weighted by Crippen LogP contribution is -2.16. The number of methoxy groups -OCH3 is 1. The van der Waals surface area contributed by atoms with Crippen LogP contribution in [0.2, 0.25) is 0 Å². The molecule has 0 radical (unpaired) electrons. The van der Waals surface area contributed by atoms with E-state index in [1.165, 1.54) is 19.6 Å². The van der Waals surface area contributed by atoms with E-state index in [9.17, 15) is 10.1 Å². The van der Waals surface area contributed by atoms with Crippen LogP contribution in [0.25, 0.3) is 0 Å². The predicted molar refractivity (Wildman–Crippen MR) is 78.2 cm³/mol. The van der Waals surface area contributed by atoms with Gasteiger partial charge >= 0.3 is 0 Å². The van der Waals surface area contributed by atoms with Crippen molar-refractivity contribution in [3.63, 3.8) is 0 Å². The fourth-order valence-electron chi connectivity index (χ4n) is 2.41. The third kappa shape index (κ3) is 3.53. The second-order valence-electron chi connectivity index (χ2n) is 4.69. The zero-order valence-electron chi connectivity index (χ0n) is 11.1. The van der Waals surface area contributed by atoms with E-state index in [-0.39, 0.29) is 5.69 Å². The number of rotatable bonds is 5. The molecule has 0 saturated heterocycles. The Hall–Kier alpha value is -1.43. The van der Waals surface area contributed by atoms with E-state index in [0.29, 0.717) is 17.0 Å². The second kappa shape index (κ2) is 6.14. The number of thioether (sulfide) groups is 1. The highest BCUT2D eigenvalue weighted by Crippen LogP contribution is 2.32. The summed E-state index contributed by atoms with van der Waals surface area (Å²) in [5.41, 5.74) is 0.819. The van der Waals surface area contributed by atoms with Crippen molar-refractivity contribution in [2.24, 2.45) is 0 Å². The third-order valence-electron chi connectivity index (χ3n) is 3.43. The van der Waals surface area contributed by atoms with Crippen LogP contribution in [0, 0.1) is 10.1 Å². The number of nitro benzene ring substituents is 1. The minimum absolute atomic E-state index is 0.0567. The molecular formula is C13H18N2O3S. The van der Waals surface area contributed by atoms with Crippen LogP contribution in [0.15, 0.2) is 18.2 Å². The molecule has 1 aromatic rings. The van der Waals surface area contributed by atoms with Crippen molar-refractivity contribution in [3.8, 4) is 5.75 Å². The van der Waals surface area contributed by atoms with Crippen LogP contribution in [0.4, 0.5) is 11.4 Å². The Kier molecular flexibility index (Phi) is 4.52. The smallest absolute Gasteiger partial charge is 0.275 e. The summed E-state index contributed by atoms with van der Waals surface area (Å²) in [5, 5.41) is 14.9. The van der Waals surface area contributed by atoms with Crippen LogP contribution in [0.5, 0.6) is 5.75 Å². The van der Waals surface area contributed by atoms with Crippen LogP contribution in [-0.4, -0.2) is 29.6 Å². The first kappa shape index (κ1) is 14.0. The van der Waals surface area contributed by atoms with E-state index in [2.05, 4.69) is 11.6 Å². The molecule has 104 valence electrons. The van der Waals surface area contributed by atoms with Crippen LogP contribution in [0.3, 0.4) is 0 Å². The standard InChI is InChI=1S/C13H18N2O3S/c1-18-12-6-10(5-11(8-12)15(16)17)14-9-3-4-13(7-9)19-2/h5-6,8-9,13-14H,3-4,7H2,1-2H3. The monoisotopic (exact) mass is 282 g/mol. The fourth-order valence-corrected chi connectivity index (χ4v) is 3.21. The maximum absolute atomic E-state index is 10.9. The van der Waals surface area contributed by atoms with Crippen molar-refractivity contribution in [1.29, 1.82) is 0 Å². The average molecular weight is 282 g/mol. The van der Waals surface area contributed by atoms with E-state index in [1.807, 2.05) is 11.8 Å². The van der Waals surface area contributed by atoms with E-state index in [1.54, 1.807) is 12.1 Å². The second-order valence-corrected chi connectivity index (χ2v) is 5.83. The summed E-state index contributed by atoms with van der Waals surface area (Å²) in [6, 6.07) is 5.20. The van der Waals surface area contributed by atoms with Gasteiger partial charge in [0.1, 0.15) is 5.75 Å². The van der Waals surface area contributed by atoms with Gasteiger partial charge < -0.3 is 10.1 Å². The Balaban J connectivity index is 2.11. The molecule has 1 aliphatic carbocycles. The van der Waals surface area contributed by atoms with Gasteiger partial charge in [-0.05, 0) is 25.5 Å². The summed E-state index contributed by atoms with van der Waals surface area (Å²) >= 11 is 1.89. The molecule has 1 saturated carbocycles. The van der Waals surface area contributed by atoms with E-state index >= 15 is 0 Å². The maximum atomic E-state index is 10.9. The minimum atomic E-state index is -0.396. The fraction of sp³-hybridized carbons (Fsp3) is 0.538. The third-order valence-corrected chi connectivity index (χ3v) is 4.52. The van der Waals surface area contributed by atoms with Crippen LogP contribution in [-0.2, 0) is 0 Å². The number of hydrogen-bond acceptors (Lipinski definition) is 5. The first-order chi connectivity index (χ1) is 9.12. The minimum Gasteiger partial charge on any atom is -0.496 e. The highest BCUT2D eigenvalue weighted by molar-refractivity contribution is 7.99. The number of ether oxygens (including phenoxy) is 1. The largest absolute Gasteiger partial charge is 0.496 e. The van der Waals surface area contributed by atoms with Gasteiger partial charge in [0.15, 0.2) is 0 Å². The number of nitro groups is 1. The normalized spacial score (nSPS) is 22.2. The molecule has 0 heterocycles. The number of anilines is 1. The molecule has 1 fully saturated rings. The molecule has 0 bridgehead atoms. The van der Waals surface area contributed by atoms with Crippen molar-refractivity contribution in [1.82, 2.24) is 0 Å². The van der Waals surface area contributed by atoms with Crippen molar-refractivity contribution in [2.45, 2.75) is 30.6 Å². The Morgan fingerprint density at radius 1 is 1.42 bits per heavy atom. The summed E-state index contributed by atoms with van der Waals surface area (Å²) in [6.45, 7) is 0. The van der Waals surface area contributed by atoms with Crippen molar-refractivity contribution < 1.29 is 9.66 Å². The Morgan fingerprint density at radius 3 is 2.79 bits per heavy atom. The van der Waals surface area contributed by atoms with Crippen molar-refractivity contribution in [2.75, 3.05) is 18.7 Å². The highest BCUT2D eigenvalue weighted by Gasteiger charge is 2.24. The van der Waals surface area contributed by atoms with Crippen LogP contribution >= 0.6 is 11.8 Å². The van der Waals surface area contributed by atoms with Gasteiger partial charge in [-0.2, -0.15) is 11.8 Å². The van der Waals surface area contributed by atoms with Gasteiger partial charge in [0.2, 0.25) is 0 Å². The molecule has 2 rings (SSSR count). The molecule has 6 heteroatoms. The number of benzene rings is 1. The SMILES string of the molecule is COc1cc(NC2CCC(SC)C2)cc([N+](=O)[O-])c1. The average Bonchev–Trinajstić information content (AvgIpc) is 2.85. The molecule has 19 heavy (non-hydrogen) atoms. The molecule has 0 aliphatic heterocycles. The van der Waals surface area contributed by atoms with Gasteiger partial charge in [-0.3, -0.25) is 10.1 Å². The van der Waals surface area contributed by atoms with Crippen LogP contribution < -0.4 is 10.1 Å². The van der Waals surface area contributed by atoms with E-state index < -0.39 is 4.92 Å². The summed E-state index contributed by atoms with van der Waals surface area (Å²) in [6.07, 6.45) is 5.54. The zero-order chi connectivity index (χ0) is 13.8. The summed E-state index contributed by atoms with van der Waals surface area (Å²) in [7, 11) is 1.52. The molecule has 0 spiro atoms. The first-order valence-corrected chi connectivity index (χ1v) is 7.54. The van der Waals surface area contributed by atoms with Crippen LogP contribution in [0.1, 0.15) is 19.3 Å². The number of nitrogens with one attached hydrogen (secondary N) is 1. The molecular weight excluding hydrogens is 264 g/mol. The van der Waals surface area contributed by atoms with Gasteiger partial charge in [-0.1, -0.05) is 0 Å². The zero-order valence-corrected chi connectivity index (χ0v) is 11.9. The Labute approximate surface area is 116 Å². The number of nitrogens with zero attached hydrogens (tertiary/aromatic N) is 1. The predicted octanol–water partition coefficient (Wildman–Crippen LogP) is 3.30. The Bertz CT molecular complexity index is 467. The molecule has 0 aromatic heterocycles. The molecule has 1 aromatic carbocycles. The molecule has 1 aliphatic rings. The van der Waals surface area contributed by atoms with Gasteiger partial charge in [0.25, 0.3) is 5.69 Å². The summed E-state index contributed by atoms with van der Waals surface area (Å²) in [4.78, 5) is 10.5. The first-order valence-electron chi connectivity index (χ1n) is 6.25. The lowest BCUT2D eigenvalue weighted by atomic mass is 10.2. The summed E-state index contributed by atoms with van der Waals surface area (Å²) in [5.74, 6) is 0.510. The lowest BCUT2D eigenvalue weighted by molar-refractivity contribution is -0.384. The molecule has 2 atom stereocenters. The topological polar surface area (TPSA) is 64.4 Å². The quantitative estimate of drug-likeness (QED) is 0.663. The number of hydrogen-bond donors (Lipinski definition) is 1. The maximum Gasteiger partial charge on any atom is 0.275 e. The van der Waals surface area contributed by atoms with Gasteiger partial charge in [-0.25, -0.2) is 0 Å². The lowest BCUT2D eigenvalue weighted by Gasteiger charge is -2.15. The van der Waals surface area contributed by atoms with Gasteiger partial charge in [0, 0.05) is 29.1 Å². The van der Waals surface area contributed by atoms with Gasteiger partial charge in [-0.15, -0.1) is 0 Å². The Morgan fingerprint density at radius 2 is 2.21 bits per heavy atom. The molecule has 0 amide bonds. The van der Waals surface area contributed by atoms with Gasteiger partial charge in [0.05, 0.1) is 18.1 Å².